The van der Waals surface area contributed by atoms with Crippen LogP contribution in [0, 0.1) is 6.92 Å². The summed E-state index contributed by atoms with van der Waals surface area (Å²) in [6.45, 7) is 3.81. The molecule has 5 rings (SSSR count). The molecule has 2 aliphatic carbocycles. The van der Waals surface area contributed by atoms with Gasteiger partial charge in [-0.25, -0.2) is 4.98 Å². The van der Waals surface area contributed by atoms with Crippen molar-refractivity contribution in [2.45, 2.75) is 82.4 Å². The molecule has 7 nitrogen and oxygen atoms in total. The molecule has 2 saturated carbocycles. The third-order valence-electron chi connectivity index (χ3n) is 6.83. The van der Waals surface area contributed by atoms with E-state index in [-0.39, 0.29) is 6.10 Å². The van der Waals surface area contributed by atoms with Gasteiger partial charge in [-0.2, -0.15) is 4.98 Å². The van der Waals surface area contributed by atoms with Crippen molar-refractivity contribution in [2.24, 2.45) is 0 Å². The van der Waals surface area contributed by atoms with Gasteiger partial charge in [0, 0.05) is 44.4 Å². The maximum Gasteiger partial charge on any atom is 0.261 e. The molecule has 0 radical (unpaired) electrons. The fourth-order valence-electron chi connectivity index (χ4n) is 4.93. The molecular weight excluding hydrogens is 378 g/mol. The molecule has 0 bridgehead atoms. The number of nitrogens with one attached hydrogen (secondary N) is 1. The van der Waals surface area contributed by atoms with Gasteiger partial charge < -0.3 is 19.5 Å². The van der Waals surface area contributed by atoms with Gasteiger partial charge in [0.05, 0.1) is 11.7 Å². The van der Waals surface area contributed by atoms with Crippen LogP contribution in [0.3, 0.4) is 0 Å². The van der Waals surface area contributed by atoms with Gasteiger partial charge in [0.1, 0.15) is 5.82 Å². The lowest BCUT2D eigenvalue weighted by molar-refractivity contribution is 0.0534. The predicted molar refractivity (Wildman–Crippen MR) is 116 cm³/mol. The standard InChI is InChI=1S/C23H33N5O2/c1-15-12-18(23-26-21(27-30-23)16-8-9-16)22(24-13-15)28-11-10-19(20(14-28)29-2)25-17-6-4-3-5-7-17/h12-13,16-17,19-20,25H,3-11,14H2,1-2H3/t19-,20+/m1/s1. The van der Waals surface area contributed by atoms with Crippen LogP contribution in [-0.4, -0.2) is 53.5 Å². The van der Waals surface area contributed by atoms with Gasteiger partial charge in [0.15, 0.2) is 5.82 Å². The molecular formula is C23H33N5O2. The molecule has 7 heteroatoms. The summed E-state index contributed by atoms with van der Waals surface area (Å²) in [5.41, 5.74) is 2.03. The monoisotopic (exact) mass is 411 g/mol. The number of piperidine rings is 1. The molecule has 2 aromatic heterocycles. The number of hydrogen-bond acceptors (Lipinski definition) is 7. The summed E-state index contributed by atoms with van der Waals surface area (Å²) >= 11 is 0. The summed E-state index contributed by atoms with van der Waals surface area (Å²) < 4.78 is 11.6. The maximum absolute atomic E-state index is 5.93. The lowest BCUT2D eigenvalue weighted by Gasteiger charge is -2.41. The number of hydrogen-bond donors (Lipinski definition) is 1. The highest BCUT2D eigenvalue weighted by atomic mass is 16.5. The summed E-state index contributed by atoms with van der Waals surface area (Å²) in [6.07, 6.45) is 12.1. The lowest BCUT2D eigenvalue weighted by atomic mass is 9.92. The van der Waals surface area contributed by atoms with Crippen molar-refractivity contribution in [3.8, 4) is 11.5 Å². The molecule has 162 valence electrons. The Morgan fingerprint density at radius 1 is 1.13 bits per heavy atom. The Balaban J connectivity index is 1.34. The highest BCUT2D eigenvalue weighted by molar-refractivity contribution is 5.70. The van der Waals surface area contributed by atoms with Crippen LogP contribution in [0.15, 0.2) is 16.8 Å². The summed E-state index contributed by atoms with van der Waals surface area (Å²) in [4.78, 5) is 11.8. The van der Waals surface area contributed by atoms with E-state index < -0.39 is 0 Å². The number of nitrogens with zero attached hydrogens (tertiary/aromatic N) is 4. The second kappa shape index (κ2) is 8.63. The average Bonchev–Trinajstić information content (AvgIpc) is 3.51. The molecule has 1 N–H and O–H groups in total. The summed E-state index contributed by atoms with van der Waals surface area (Å²) in [7, 11) is 1.83. The first-order valence-electron chi connectivity index (χ1n) is 11.6. The van der Waals surface area contributed by atoms with Gasteiger partial charge in [-0.05, 0) is 50.7 Å². The Morgan fingerprint density at radius 3 is 2.73 bits per heavy atom. The Kier molecular flexibility index (Phi) is 5.74. The molecule has 0 amide bonds. The zero-order valence-electron chi connectivity index (χ0n) is 18.1. The highest BCUT2D eigenvalue weighted by Crippen LogP contribution is 2.40. The molecule has 30 heavy (non-hydrogen) atoms. The lowest BCUT2D eigenvalue weighted by Crippen LogP contribution is -2.56. The minimum absolute atomic E-state index is 0.140. The van der Waals surface area contributed by atoms with Gasteiger partial charge in [-0.1, -0.05) is 24.4 Å². The molecule has 0 unspecified atom stereocenters. The fraction of sp³-hybridized carbons (Fsp3) is 0.696. The van der Waals surface area contributed by atoms with Crippen molar-refractivity contribution in [3.63, 3.8) is 0 Å². The number of ether oxygens (including phenoxy) is 1. The minimum atomic E-state index is 0.140. The SMILES string of the molecule is CO[C@H]1CN(c2ncc(C)cc2-c2nc(C3CC3)no2)CC[C@H]1NC1CCCCC1. The van der Waals surface area contributed by atoms with Crippen molar-refractivity contribution in [1.82, 2.24) is 20.4 Å². The van der Waals surface area contributed by atoms with Gasteiger partial charge in [-0.3, -0.25) is 0 Å². The van der Waals surface area contributed by atoms with Crippen LogP contribution < -0.4 is 10.2 Å². The number of aromatic nitrogens is 3. The molecule has 2 aromatic rings. The number of anilines is 1. The van der Waals surface area contributed by atoms with Crippen molar-refractivity contribution < 1.29 is 9.26 Å². The van der Waals surface area contributed by atoms with Crippen LogP contribution in [0.1, 0.15) is 68.7 Å². The van der Waals surface area contributed by atoms with Crippen LogP contribution in [0.25, 0.3) is 11.5 Å². The van der Waals surface area contributed by atoms with E-state index in [2.05, 4.69) is 33.3 Å². The molecule has 0 spiro atoms. The summed E-state index contributed by atoms with van der Waals surface area (Å²) in [5.74, 6) is 2.81. The normalized spacial score (nSPS) is 25.6. The predicted octanol–water partition coefficient (Wildman–Crippen LogP) is 3.83. The fourth-order valence-corrected chi connectivity index (χ4v) is 4.93. The zero-order valence-corrected chi connectivity index (χ0v) is 18.1. The minimum Gasteiger partial charge on any atom is -0.378 e. The second-order valence-electron chi connectivity index (χ2n) is 9.23. The average molecular weight is 412 g/mol. The Bertz CT molecular complexity index is 859. The summed E-state index contributed by atoms with van der Waals surface area (Å²) in [5, 5.41) is 8.11. The van der Waals surface area contributed by atoms with Crippen molar-refractivity contribution in [1.29, 1.82) is 0 Å². The van der Waals surface area contributed by atoms with Crippen LogP contribution in [0.2, 0.25) is 0 Å². The second-order valence-corrected chi connectivity index (χ2v) is 9.23. The Hall–Kier alpha value is -1.99. The Labute approximate surface area is 178 Å². The molecule has 3 fully saturated rings. The molecule has 2 atom stereocenters. The topological polar surface area (TPSA) is 76.3 Å². The number of rotatable bonds is 6. The van der Waals surface area contributed by atoms with E-state index in [1.54, 1.807) is 0 Å². The molecule has 1 aliphatic heterocycles. The zero-order chi connectivity index (χ0) is 20.5. The first-order chi connectivity index (χ1) is 14.7. The molecule has 1 saturated heterocycles. The van der Waals surface area contributed by atoms with E-state index >= 15 is 0 Å². The molecule has 3 heterocycles. The molecule has 3 aliphatic rings. The summed E-state index contributed by atoms with van der Waals surface area (Å²) in [6, 6.07) is 3.15. The van der Waals surface area contributed by atoms with Crippen LogP contribution >= 0.6 is 0 Å². The smallest absolute Gasteiger partial charge is 0.261 e. The largest absolute Gasteiger partial charge is 0.378 e. The van der Waals surface area contributed by atoms with Crippen molar-refractivity contribution in [2.75, 3.05) is 25.1 Å². The van der Waals surface area contributed by atoms with Crippen molar-refractivity contribution in [3.05, 3.63) is 23.7 Å². The van der Waals surface area contributed by atoms with E-state index in [0.717, 1.165) is 55.1 Å². The number of aryl methyl sites for hydroxylation is 1. The third kappa shape index (κ3) is 4.23. The van der Waals surface area contributed by atoms with Crippen LogP contribution in [0.5, 0.6) is 0 Å². The van der Waals surface area contributed by atoms with Gasteiger partial charge in [-0.15, -0.1) is 0 Å². The highest BCUT2D eigenvalue weighted by Gasteiger charge is 2.34. The van der Waals surface area contributed by atoms with Crippen molar-refractivity contribution >= 4 is 5.82 Å². The van der Waals surface area contributed by atoms with E-state index in [1.165, 1.54) is 32.1 Å². The quantitative estimate of drug-likeness (QED) is 0.774. The first kappa shape index (κ1) is 19.9. The number of pyridine rings is 1. The third-order valence-corrected chi connectivity index (χ3v) is 6.83. The Morgan fingerprint density at radius 2 is 1.97 bits per heavy atom. The van der Waals surface area contributed by atoms with E-state index in [9.17, 15) is 0 Å². The molecule has 0 aromatic carbocycles. The van der Waals surface area contributed by atoms with Crippen LogP contribution in [-0.2, 0) is 4.74 Å². The first-order valence-corrected chi connectivity index (χ1v) is 11.6. The van der Waals surface area contributed by atoms with Gasteiger partial charge >= 0.3 is 0 Å². The van der Waals surface area contributed by atoms with Crippen LogP contribution in [0.4, 0.5) is 5.82 Å². The van der Waals surface area contributed by atoms with Gasteiger partial charge in [0.25, 0.3) is 5.89 Å². The van der Waals surface area contributed by atoms with E-state index in [0.29, 0.717) is 23.9 Å². The van der Waals surface area contributed by atoms with E-state index in [1.807, 2.05) is 13.3 Å². The van der Waals surface area contributed by atoms with Gasteiger partial charge in [0.2, 0.25) is 0 Å². The number of methoxy groups -OCH3 is 1. The maximum atomic E-state index is 5.93. The van der Waals surface area contributed by atoms with E-state index in [4.69, 9.17) is 14.2 Å².